The van der Waals surface area contributed by atoms with Crippen LogP contribution in [0.1, 0.15) is 32.9 Å². The molecular weight excluding hydrogens is 345 g/mol. The minimum Gasteiger partial charge on any atom is -0.496 e. The maximum absolute atomic E-state index is 13.4. The number of halogens is 1. The molecule has 27 heavy (non-hydrogen) atoms. The average molecular weight is 365 g/mol. The number of aromatic amines is 1. The predicted octanol–water partition coefficient (Wildman–Crippen LogP) is 3.35. The van der Waals surface area contributed by atoms with E-state index < -0.39 is 5.82 Å². The van der Waals surface area contributed by atoms with Gasteiger partial charge in [0.15, 0.2) is 0 Å². The predicted molar refractivity (Wildman–Crippen MR) is 99.2 cm³/mol. The second-order valence-corrected chi connectivity index (χ2v) is 6.61. The van der Waals surface area contributed by atoms with Crippen molar-refractivity contribution in [2.24, 2.45) is 0 Å². The molecule has 0 saturated carbocycles. The molecule has 1 N–H and O–H groups in total. The molecule has 0 aliphatic carbocycles. The molecule has 5 nitrogen and oxygen atoms in total. The minimum atomic E-state index is -0.427. The molecule has 1 aliphatic rings. The fraction of sp³-hybridized carbons (Fsp3) is 0.238. The summed E-state index contributed by atoms with van der Waals surface area (Å²) in [6.07, 6.45) is 1.43. The highest BCUT2D eigenvalue weighted by molar-refractivity contribution is 5.97. The summed E-state index contributed by atoms with van der Waals surface area (Å²) in [6, 6.07) is 14.1. The van der Waals surface area contributed by atoms with Crippen molar-refractivity contribution in [1.82, 2.24) is 15.1 Å². The first-order chi connectivity index (χ1) is 13.2. The molecule has 0 unspecified atom stereocenters. The van der Waals surface area contributed by atoms with E-state index in [1.807, 2.05) is 18.2 Å². The number of carbonyl (C=O) groups excluding carboxylic acids is 1. The van der Waals surface area contributed by atoms with E-state index in [2.05, 4.69) is 22.3 Å². The van der Waals surface area contributed by atoms with Gasteiger partial charge in [0.05, 0.1) is 18.4 Å². The number of nitrogens with zero attached hydrogens (tertiary/aromatic N) is 2. The largest absolute Gasteiger partial charge is 0.496 e. The van der Waals surface area contributed by atoms with E-state index in [1.54, 1.807) is 4.90 Å². The van der Waals surface area contributed by atoms with Crippen LogP contribution in [0.3, 0.4) is 0 Å². The lowest BCUT2D eigenvalue weighted by molar-refractivity contribution is 0.0730. The monoisotopic (exact) mass is 365 g/mol. The van der Waals surface area contributed by atoms with E-state index in [0.717, 1.165) is 17.0 Å². The molecule has 6 heteroatoms. The summed E-state index contributed by atoms with van der Waals surface area (Å²) in [4.78, 5) is 14.8. The van der Waals surface area contributed by atoms with Crippen molar-refractivity contribution in [2.45, 2.75) is 19.4 Å². The van der Waals surface area contributed by atoms with Crippen molar-refractivity contribution in [3.05, 3.63) is 82.4 Å². The van der Waals surface area contributed by atoms with Crippen LogP contribution in [0.15, 0.2) is 48.5 Å². The van der Waals surface area contributed by atoms with Gasteiger partial charge in [-0.05, 0) is 17.7 Å². The number of H-pyrrole nitrogens is 1. The van der Waals surface area contributed by atoms with Crippen molar-refractivity contribution in [1.29, 1.82) is 0 Å². The number of nitrogens with one attached hydrogen (secondary N) is 1. The molecule has 0 spiro atoms. The highest BCUT2D eigenvalue weighted by Crippen LogP contribution is 2.26. The van der Waals surface area contributed by atoms with Crippen molar-refractivity contribution >= 4 is 5.91 Å². The zero-order chi connectivity index (χ0) is 18.8. The number of carbonyl (C=O) groups is 1. The molecule has 0 atom stereocenters. The third kappa shape index (κ3) is 3.43. The molecule has 1 aromatic heterocycles. The zero-order valence-electron chi connectivity index (χ0n) is 15.0. The van der Waals surface area contributed by atoms with E-state index in [1.165, 1.54) is 30.9 Å². The summed E-state index contributed by atoms with van der Waals surface area (Å²) in [5, 5.41) is 7.58. The second kappa shape index (κ2) is 7.23. The first-order valence-corrected chi connectivity index (χ1v) is 8.87. The van der Waals surface area contributed by atoms with Gasteiger partial charge in [-0.3, -0.25) is 9.89 Å². The Balaban J connectivity index is 1.58. The molecule has 1 aliphatic heterocycles. The van der Waals surface area contributed by atoms with Crippen LogP contribution in [0.4, 0.5) is 4.39 Å². The summed E-state index contributed by atoms with van der Waals surface area (Å²) >= 11 is 0. The molecule has 2 heterocycles. The van der Waals surface area contributed by atoms with Gasteiger partial charge in [-0.2, -0.15) is 5.10 Å². The van der Waals surface area contributed by atoms with Crippen molar-refractivity contribution in [3.63, 3.8) is 0 Å². The average Bonchev–Trinajstić information content (AvgIpc) is 3.10. The maximum atomic E-state index is 13.4. The van der Waals surface area contributed by atoms with Gasteiger partial charge in [-0.1, -0.05) is 30.3 Å². The smallest absolute Gasteiger partial charge is 0.257 e. The zero-order valence-corrected chi connectivity index (χ0v) is 15.0. The third-order valence-corrected chi connectivity index (χ3v) is 4.91. The normalized spacial score (nSPS) is 13.3. The SMILES string of the molecule is COc1cc(F)ccc1C(=O)N1CCc2[nH]nc(Cc3ccccc3)c2C1. The summed E-state index contributed by atoms with van der Waals surface area (Å²) in [7, 11) is 1.44. The molecule has 3 aromatic rings. The van der Waals surface area contributed by atoms with Crippen molar-refractivity contribution in [2.75, 3.05) is 13.7 Å². The Hall–Kier alpha value is -3.15. The van der Waals surface area contributed by atoms with Crippen LogP contribution in [-0.2, 0) is 19.4 Å². The molecule has 138 valence electrons. The number of hydrogen-bond donors (Lipinski definition) is 1. The molecule has 4 rings (SSSR count). The molecule has 0 saturated heterocycles. The van der Waals surface area contributed by atoms with Gasteiger partial charge in [0, 0.05) is 43.3 Å². The minimum absolute atomic E-state index is 0.163. The lowest BCUT2D eigenvalue weighted by atomic mass is 10.00. The number of amides is 1. The molecular formula is C21H20FN3O2. The molecule has 0 fully saturated rings. The quantitative estimate of drug-likeness (QED) is 0.771. The number of fused-ring (bicyclic) bond motifs is 1. The number of benzene rings is 2. The van der Waals surface area contributed by atoms with Crippen LogP contribution < -0.4 is 4.74 Å². The van der Waals surface area contributed by atoms with Crippen LogP contribution in [0.2, 0.25) is 0 Å². The van der Waals surface area contributed by atoms with Crippen LogP contribution in [0, 0.1) is 5.82 Å². The Morgan fingerprint density at radius 1 is 1.26 bits per heavy atom. The standard InChI is InChI=1S/C21H20FN3O2/c1-27-20-12-15(22)7-8-16(20)21(26)25-10-9-18-17(13-25)19(24-23-18)11-14-5-3-2-4-6-14/h2-8,12H,9-11,13H2,1H3,(H,23,24). The van der Waals surface area contributed by atoms with E-state index in [4.69, 9.17) is 4.74 Å². The van der Waals surface area contributed by atoms with E-state index in [-0.39, 0.29) is 11.7 Å². The summed E-state index contributed by atoms with van der Waals surface area (Å²) in [5.41, 5.74) is 4.65. The Bertz CT molecular complexity index is 969. The lowest BCUT2D eigenvalue weighted by Crippen LogP contribution is -2.36. The van der Waals surface area contributed by atoms with Crippen molar-refractivity contribution < 1.29 is 13.9 Å². The second-order valence-electron chi connectivity index (χ2n) is 6.61. The molecule has 0 radical (unpaired) electrons. The van der Waals surface area contributed by atoms with Gasteiger partial charge in [0.2, 0.25) is 0 Å². The Labute approximate surface area is 156 Å². The first kappa shape index (κ1) is 17.3. The van der Waals surface area contributed by atoms with Crippen LogP contribution in [0.5, 0.6) is 5.75 Å². The first-order valence-electron chi connectivity index (χ1n) is 8.87. The van der Waals surface area contributed by atoms with E-state index in [0.29, 0.717) is 31.5 Å². The van der Waals surface area contributed by atoms with Crippen LogP contribution in [0.25, 0.3) is 0 Å². The number of methoxy groups -OCH3 is 1. The van der Waals surface area contributed by atoms with Crippen LogP contribution >= 0.6 is 0 Å². The fourth-order valence-corrected chi connectivity index (χ4v) is 3.48. The Morgan fingerprint density at radius 2 is 2.07 bits per heavy atom. The van der Waals surface area contributed by atoms with E-state index in [9.17, 15) is 9.18 Å². The van der Waals surface area contributed by atoms with E-state index >= 15 is 0 Å². The summed E-state index contributed by atoms with van der Waals surface area (Å²) < 4.78 is 18.6. The molecule has 2 aromatic carbocycles. The molecule has 1 amide bonds. The van der Waals surface area contributed by atoms with Crippen LogP contribution in [-0.4, -0.2) is 34.7 Å². The number of aromatic nitrogens is 2. The number of ether oxygens (including phenoxy) is 1. The van der Waals surface area contributed by atoms with Gasteiger partial charge in [0.1, 0.15) is 11.6 Å². The molecule has 0 bridgehead atoms. The summed E-state index contributed by atoms with van der Waals surface area (Å²) in [5.74, 6) is -0.337. The topological polar surface area (TPSA) is 58.2 Å². The number of hydrogen-bond acceptors (Lipinski definition) is 3. The fourth-order valence-electron chi connectivity index (χ4n) is 3.48. The maximum Gasteiger partial charge on any atom is 0.257 e. The van der Waals surface area contributed by atoms with Gasteiger partial charge >= 0.3 is 0 Å². The van der Waals surface area contributed by atoms with Gasteiger partial charge in [-0.15, -0.1) is 0 Å². The Kier molecular flexibility index (Phi) is 4.62. The summed E-state index contributed by atoms with van der Waals surface area (Å²) in [6.45, 7) is 1.06. The van der Waals surface area contributed by atoms with Gasteiger partial charge < -0.3 is 9.64 Å². The van der Waals surface area contributed by atoms with Gasteiger partial charge in [0.25, 0.3) is 5.91 Å². The third-order valence-electron chi connectivity index (χ3n) is 4.91. The number of rotatable bonds is 4. The highest BCUT2D eigenvalue weighted by Gasteiger charge is 2.27. The van der Waals surface area contributed by atoms with Crippen molar-refractivity contribution in [3.8, 4) is 5.75 Å². The van der Waals surface area contributed by atoms with Gasteiger partial charge in [-0.25, -0.2) is 4.39 Å². The highest BCUT2D eigenvalue weighted by atomic mass is 19.1. The Morgan fingerprint density at radius 3 is 2.85 bits per heavy atom. The lowest BCUT2D eigenvalue weighted by Gasteiger charge is -2.28.